The molecule has 0 spiro atoms. The number of amides is 2. The smallest absolute Gasteiger partial charge is 0.240 e. The number of carbonyl (C=O) groups excluding carboxylic acids is 2. The van der Waals surface area contributed by atoms with E-state index in [9.17, 15) is 14.0 Å². The summed E-state index contributed by atoms with van der Waals surface area (Å²) in [4.78, 5) is 24.1. The topological polar surface area (TPSA) is 92.2 Å². The van der Waals surface area contributed by atoms with Gasteiger partial charge in [0.25, 0.3) is 0 Å². The monoisotopic (exact) mass is 400 g/mol. The molecule has 1 aliphatic rings. The van der Waals surface area contributed by atoms with Crippen molar-refractivity contribution < 1.29 is 18.7 Å². The van der Waals surface area contributed by atoms with Gasteiger partial charge in [-0.05, 0) is 54.1 Å². The van der Waals surface area contributed by atoms with Crippen molar-refractivity contribution in [2.24, 2.45) is 10.2 Å². The van der Waals surface area contributed by atoms with Crippen molar-refractivity contribution in [3.8, 4) is 5.75 Å². The molecule has 0 radical (unpaired) electrons. The second kappa shape index (κ2) is 9.14. The number of amidine groups is 1. The minimum absolute atomic E-state index is 0.0326. The maximum atomic E-state index is 12.9. The van der Waals surface area contributed by atoms with E-state index in [0.29, 0.717) is 10.9 Å². The van der Waals surface area contributed by atoms with Gasteiger partial charge in [0, 0.05) is 12.1 Å². The fourth-order valence-electron chi connectivity index (χ4n) is 2.34. The molecule has 0 aromatic heterocycles. The summed E-state index contributed by atoms with van der Waals surface area (Å²) in [6, 6.07) is 12.7. The van der Waals surface area contributed by atoms with Gasteiger partial charge in [-0.3, -0.25) is 9.59 Å². The largest absolute Gasteiger partial charge is 0.497 e. The summed E-state index contributed by atoms with van der Waals surface area (Å²) in [7, 11) is 1.59. The first-order valence-electron chi connectivity index (χ1n) is 8.31. The molecule has 2 N–H and O–H groups in total. The van der Waals surface area contributed by atoms with E-state index < -0.39 is 5.25 Å². The van der Waals surface area contributed by atoms with E-state index in [0.717, 1.165) is 23.1 Å². The highest BCUT2D eigenvalue weighted by atomic mass is 32.2. The van der Waals surface area contributed by atoms with Gasteiger partial charge < -0.3 is 15.4 Å². The number of hydrogen-bond acceptors (Lipinski definition) is 6. The molecule has 1 fully saturated rings. The van der Waals surface area contributed by atoms with Crippen LogP contribution in [0.2, 0.25) is 0 Å². The predicted molar refractivity (Wildman–Crippen MR) is 107 cm³/mol. The molecule has 1 heterocycles. The molecular weight excluding hydrogens is 383 g/mol. The summed E-state index contributed by atoms with van der Waals surface area (Å²) in [5.41, 5.74) is 1.29. The van der Waals surface area contributed by atoms with E-state index in [-0.39, 0.29) is 24.1 Å². The van der Waals surface area contributed by atoms with Crippen molar-refractivity contribution in [1.82, 2.24) is 5.32 Å². The van der Waals surface area contributed by atoms with Crippen LogP contribution in [-0.4, -0.2) is 35.6 Å². The van der Waals surface area contributed by atoms with Crippen LogP contribution in [-0.2, 0) is 9.59 Å². The van der Waals surface area contributed by atoms with Crippen molar-refractivity contribution in [3.63, 3.8) is 0 Å². The Morgan fingerprint density at radius 2 is 1.96 bits per heavy atom. The molecule has 2 aromatic carbocycles. The molecule has 2 amide bonds. The summed E-state index contributed by atoms with van der Waals surface area (Å²) in [6.07, 6.45) is 1.52. The highest BCUT2D eigenvalue weighted by molar-refractivity contribution is 8.15. The van der Waals surface area contributed by atoms with Gasteiger partial charge in [0.15, 0.2) is 5.17 Å². The first-order valence-corrected chi connectivity index (χ1v) is 9.19. The average molecular weight is 400 g/mol. The van der Waals surface area contributed by atoms with Crippen LogP contribution in [0.25, 0.3) is 0 Å². The number of halogens is 1. The van der Waals surface area contributed by atoms with Crippen LogP contribution in [0.5, 0.6) is 5.75 Å². The lowest BCUT2D eigenvalue weighted by Crippen LogP contribution is -2.28. The molecule has 1 atom stereocenters. The van der Waals surface area contributed by atoms with E-state index in [4.69, 9.17) is 4.74 Å². The van der Waals surface area contributed by atoms with Crippen LogP contribution >= 0.6 is 11.8 Å². The van der Waals surface area contributed by atoms with Gasteiger partial charge >= 0.3 is 0 Å². The Hall–Kier alpha value is -3.20. The van der Waals surface area contributed by atoms with Crippen molar-refractivity contribution in [2.45, 2.75) is 11.7 Å². The Balaban J connectivity index is 1.53. The zero-order chi connectivity index (χ0) is 19.9. The summed E-state index contributed by atoms with van der Waals surface area (Å²) < 4.78 is 18.0. The lowest BCUT2D eigenvalue weighted by atomic mass is 10.2. The van der Waals surface area contributed by atoms with Crippen molar-refractivity contribution in [1.29, 1.82) is 0 Å². The minimum atomic E-state index is -0.601. The third kappa shape index (κ3) is 5.40. The number of carbonyl (C=O) groups is 2. The lowest BCUT2D eigenvalue weighted by molar-refractivity contribution is -0.122. The summed E-state index contributed by atoms with van der Waals surface area (Å²) in [5, 5.41) is 12.9. The zero-order valence-corrected chi connectivity index (χ0v) is 15.7. The Morgan fingerprint density at radius 1 is 1.25 bits per heavy atom. The van der Waals surface area contributed by atoms with E-state index in [1.165, 1.54) is 24.3 Å². The molecule has 2 aromatic rings. The SMILES string of the molecule is COc1ccc(/C=N/N=C2\NC(=O)C(CC(=O)Nc3ccc(F)cc3)S2)cc1. The highest BCUT2D eigenvalue weighted by Crippen LogP contribution is 2.23. The third-order valence-corrected chi connectivity index (χ3v) is 4.82. The predicted octanol–water partition coefficient (Wildman–Crippen LogP) is 2.78. The maximum absolute atomic E-state index is 12.9. The van der Waals surface area contributed by atoms with Gasteiger partial charge in [-0.2, -0.15) is 5.10 Å². The third-order valence-electron chi connectivity index (χ3n) is 3.75. The Morgan fingerprint density at radius 3 is 2.64 bits per heavy atom. The number of hydrogen-bond donors (Lipinski definition) is 2. The molecule has 1 saturated heterocycles. The summed E-state index contributed by atoms with van der Waals surface area (Å²) >= 11 is 1.14. The average Bonchev–Trinajstić information content (AvgIpc) is 3.03. The lowest BCUT2D eigenvalue weighted by Gasteiger charge is -2.07. The first-order chi connectivity index (χ1) is 13.5. The minimum Gasteiger partial charge on any atom is -0.497 e. The molecule has 0 aliphatic carbocycles. The highest BCUT2D eigenvalue weighted by Gasteiger charge is 2.32. The number of methoxy groups -OCH3 is 1. The summed E-state index contributed by atoms with van der Waals surface area (Å²) in [6.45, 7) is 0. The number of ether oxygens (including phenoxy) is 1. The molecule has 3 rings (SSSR count). The fraction of sp³-hybridized carbons (Fsp3) is 0.158. The van der Waals surface area contributed by atoms with E-state index >= 15 is 0 Å². The van der Waals surface area contributed by atoms with Gasteiger partial charge in [0.1, 0.15) is 16.8 Å². The van der Waals surface area contributed by atoms with Crippen LogP contribution in [0.3, 0.4) is 0 Å². The van der Waals surface area contributed by atoms with Gasteiger partial charge in [-0.15, -0.1) is 5.10 Å². The van der Waals surface area contributed by atoms with Crippen molar-refractivity contribution in [3.05, 3.63) is 59.9 Å². The maximum Gasteiger partial charge on any atom is 0.240 e. The molecule has 0 bridgehead atoms. The number of thioether (sulfide) groups is 1. The van der Waals surface area contributed by atoms with Crippen LogP contribution in [0.4, 0.5) is 10.1 Å². The number of rotatable bonds is 6. The van der Waals surface area contributed by atoms with Gasteiger partial charge in [-0.1, -0.05) is 11.8 Å². The first kappa shape index (κ1) is 19.6. The van der Waals surface area contributed by atoms with Gasteiger partial charge in [0.05, 0.1) is 13.3 Å². The van der Waals surface area contributed by atoms with Crippen LogP contribution in [0, 0.1) is 5.82 Å². The van der Waals surface area contributed by atoms with Crippen LogP contribution < -0.4 is 15.4 Å². The molecular formula is C19H17FN4O3S. The molecule has 1 unspecified atom stereocenters. The van der Waals surface area contributed by atoms with Gasteiger partial charge in [0.2, 0.25) is 11.8 Å². The summed E-state index contributed by atoms with van der Waals surface area (Å²) in [5.74, 6) is -0.302. The number of anilines is 1. The molecule has 28 heavy (non-hydrogen) atoms. The zero-order valence-electron chi connectivity index (χ0n) is 14.9. The second-order valence-corrected chi connectivity index (χ2v) is 6.97. The van der Waals surface area contributed by atoms with Crippen LogP contribution in [0.15, 0.2) is 58.7 Å². The van der Waals surface area contributed by atoms with E-state index in [2.05, 4.69) is 20.8 Å². The molecule has 7 nitrogen and oxygen atoms in total. The van der Waals surface area contributed by atoms with E-state index in [1.54, 1.807) is 25.5 Å². The standard InChI is InChI=1S/C19H17FN4O3S/c1-27-15-8-2-12(3-9-15)11-21-24-19-23-18(26)16(28-19)10-17(25)22-14-6-4-13(20)5-7-14/h2-9,11,16H,10H2,1H3,(H,22,25)(H,23,24,26)/b21-11+. The Bertz CT molecular complexity index is 914. The van der Waals surface area contributed by atoms with Crippen molar-refractivity contribution >= 4 is 40.6 Å². The van der Waals surface area contributed by atoms with Gasteiger partial charge in [-0.25, -0.2) is 4.39 Å². The number of nitrogens with zero attached hydrogens (tertiary/aromatic N) is 2. The molecule has 9 heteroatoms. The fourth-order valence-corrected chi connectivity index (χ4v) is 3.26. The number of nitrogens with one attached hydrogen (secondary N) is 2. The molecule has 1 aliphatic heterocycles. The number of benzene rings is 2. The second-order valence-electron chi connectivity index (χ2n) is 5.78. The quantitative estimate of drug-likeness (QED) is 0.576. The molecule has 144 valence electrons. The van der Waals surface area contributed by atoms with E-state index in [1.807, 2.05) is 12.1 Å². The Kier molecular flexibility index (Phi) is 6.38. The molecule has 0 saturated carbocycles. The Labute approximate surface area is 165 Å². The van der Waals surface area contributed by atoms with Crippen LogP contribution in [0.1, 0.15) is 12.0 Å². The normalized spacial score (nSPS) is 17.7. The van der Waals surface area contributed by atoms with Crippen molar-refractivity contribution in [2.75, 3.05) is 12.4 Å².